The van der Waals surface area contributed by atoms with E-state index in [1.165, 1.54) is 0 Å². The molecule has 2 heterocycles. The Morgan fingerprint density at radius 3 is 2.07 bits per heavy atom. The Hall–Kier alpha value is -6.37. The van der Waals surface area contributed by atoms with Gasteiger partial charge in [0.25, 0.3) is 0 Å². The lowest BCUT2D eigenvalue weighted by atomic mass is 10.00. The number of aliphatic carboxylic acids is 1. The summed E-state index contributed by atoms with van der Waals surface area (Å²) in [5.41, 5.74) is 30.4. The molecule has 3 aromatic rings. The summed E-state index contributed by atoms with van der Waals surface area (Å²) in [6.45, 7) is 3.63. The van der Waals surface area contributed by atoms with Gasteiger partial charge in [-0.1, -0.05) is 76.5 Å². The smallest absolute Gasteiger partial charge is 0.327 e. The molecule has 7 amide bonds. The van der Waals surface area contributed by atoms with Gasteiger partial charge in [-0.25, -0.2) is 4.79 Å². The number of aromatic nitrogens is 1. The fourth-order valence-corrected chi connectivity index (χ4v) is 10.1. The molecule has 7 atom stereocenters. The van der Waals surface area contributed by atoms with Gasteiger partial charge in [-0.15, -0.1) is 0 Å². The molecule has 0 bridgehead atoms. The minimum atomic E-state index is -1.65. The SMILES string of the molecule is CC1(C)SSCC[C@H](NC(=O)[C@H](N)CCCCN)C(=O)N[C@@H](CC(N)=O)C(=O)N[C@H](Cc2ccccc2)C(=O)N[C@@H](CCCN=C(N)N)C(=O)N[C@@H](Cc2c[nH]c3ccccc23)C(=O)N[C@@H]1C(=O)O. The molecule has 0 spiro atoms. The van der Waals surface area contributed by atoms with E-state index >= 15 is 0 Å². The fourth-order valence-electron chi connectivity index (χ4n) is 7.43. The number of amides is 7. The lowest BCUT2D eigenvalue weighted by Gasteiger charge is -2.32. The molecule has 22 nitrogen and oxygen atoms in total. The van der Waals surface area contributed by atoms with Gasteiger partial charge in [0.1, 0.15) is 36.3 Å². The van der Waals surface area contributed by atoms with E-state index in [1.807, 2.05) is 18.2 Å². The van der Waals surface area contributed by atoms with E-state index in [0.29, 0.717) is 30.5 Å². The van der Waals surface area contributed by atoms with Gasteiger partial charge < -0.3 is 70.7 Å². The van der Waals surface area contributed by atoms with Gasteiger partial charge in [0.05, 0.1) is 17.2 Å². The number of carboxylic acid groups (broad SMARTS) is 1. The Kier molecular flexibility index (Phi) is 21.6. The van der Waals surface area contributed by atoms with E-state index in [1.54, 1.807) is 56.4 Å². The highest BCUT2D eigenvalue weighted by Crippen LogP contribution is 2.39. The number of para-hydroxylation sites is 1. The number of primary amides is 1. The monoisotopic (exact) mass is 995 g/mol. The highest BCUT2D eigenvalue weighted by atomic mass is 33.1. The lowest BCUT2D eigenvalue weighted by Crippen LogP contribution is -2.61. The third-order valence-electron chi connectivity index (χ3n) is 11.2. The van der Waals surface area contributed by atoms with Crippen LogP contribution in [-0.2, 0) is 51.2 Å². The lowest BCUT2D eigenvalue weighted by molar-refractivity contribution is -0.143. The molecule has 0 radical (unpaired) electrons. The van der Waals surface area contributed by atoms with Crippen molar-refractivity contribution >= 4 is 85.8 Å². The topological polar surface area (TPSA) is 387 Å². The van der Waals surface area contributed by atoms with Crippen molar-refractivity contribution in [2.45, 2.75) is 119 Å². The summed E-state index contributed by atoms with van der Waals surface area (Å²) < 4.78 is -1.24. The van der Waals surface area contributed by atoms with Crippen LogP contribution in [0.25, 0.3) is 10.9 Å². The largest absolute Gasteiger partial charge is 0.480 e. The number of hydrogen-bond acceptors (Lipinski definition) is 13. The summed E-state index contributed by atoms with van der Waals surface area (Å²) in [4.78, 5) is 118. The molecule has 1 aliphatic rings. The number of aliphatic imine (C=N–C) groups is 1. The number of carbonyl (C=O) groups is 8. The summed E-state index contributed by atoms with van der Waals surface area (Å²) in [6.07, 6.45) is 2.14. The number of carbonyl (C=O) groups excluding carboxylic acids is 7. The Balaban J connectivity index is 1.81. The number of hydrogen-bond donors (Lipinski definition) is 13. The second-order valence-electron chi connectivity index (χ2n) is 17.1. The first-order valence-electron chi connectivity index (χ1n) is 22.5. The number of H-pyrrole nitrogens is 1. The first kappa shape index (κ1) is 55.2. The van der Waals surface area contributed by atoms with Gasteiger partial charge in [0.2, 0.25) is 41.4 Å². The van der Waals surface area contributed by atoms with Crippen LogP contribution in [0.3, 0.4) is 0 Å². The highest BCUT2D eigenvalue weighted by Gasteiger charge is 2.40. The Morgan fingerprint density at radius 1 is 0.797 bits per heavy atom. The zero-order chi connectivity index (χ0) is 50.7. The van der Waals surface area contributed by atoms with Crippen molar-refractivity contribution in [1.82, 2.24) is 36.9 Å². The number of unbranched alkanes of at least 4 members (excludes halogenated alkanes) is 1. The molecule has 1 saturated heterocycles. The van der Waals surface area contributed by atoms with Crippen molar-refractivity contribution in [2.24, 2.45) is 33.7 Å². The molecule has 376 valence electrons. The van der Waals surface area contributed by atoms with E-state index in [4.69, 9.17) is 28.7 Å². The van der Waals surface area contributed by atoms with Crippen LogP contribution in [0.1, 0.15) is 69.9 Å². The van der Waals surface area contributed by atoms with Crippen LogP contribution in [0.2, 0.25) is 0 Å². The maximum Gasteiger partial charge on any atom is 0.327 e. The summed E-state index contributed by atoms with van der Waals surface area (Å²) in [7, 11) is 2.24. The van der Waals surface area contributed by atoms with Gasteiger partial charge >= 0.3 is 5.97 Å². The first-order chi connectivity index (χ1) is 32.8. The number of fused-ring (bicyclic) bond motifs is 1. The molecule has 1 aromatic heterocycles. The van der Waals surface area contributed by atoms with Crippen molar-refractivity contribution in [3.05, 3.63) is 71.9 Å². The van der Waals surface area contributed by atoms with Crippen molar-refractivity contribution in [1.29, 1.82) is 0 Å². The molecule has 69 heavy (non-hydrogen) atoms. The number of aromatic amines is 1. The van der Waals surface area contributed by atoms with E-state index in [2.05, 4.69) is 41.9 Å². The van der Waals surface area contributed by atoms with Crippen LogP contribution in [0.5, 0.6) is 0 Å². The van der Waals surface area contributed by atoms with Crippen LogP contribution in [0.4, 0.5) is 0 Å². The average Bonchev–Trinajstić information content (AvgIpc) is 3.71. The fraction of sp³-hybridized carbons (Fsp3) is 0.489. The zero-order valence-electron chi connectivity index (χ0n) is 38.7. The van der Waals surface area contributed by atoms with Crippen LogP contribution < -0.4 is 60.6 Å². The van der Waals surface area contributed by atoms with Crippen molar-refractivity contribution < 1.29 is 43.5 Å². The molecule has 1 fully saturated rings. The van der Waals surface area contributed by atoms with Crippen molar-refractivity contribution in [3.63, 3.8) is 0 Å². The van der Waals surface area contributed by atoms with Gasteiger partial charge in [0.15, 0.2) is 5.96 Å². The molecular formula is C45H65N13O9S2. The predicted octanol–water partition coefficient (Wildman–Crippen LogP) is -1.10. The van der Waals surface area contributed by atoms with Crippen LogP contribution in [0.15, 0.2) is 65.8 Å². The summed E-state index contributed by atoms with van der Waals surface area (Å²) in [5, 5.41) is 27.2. The standard InChI is InChI=1S/C45H65N13O9S2/c1-45(2)36(43(66)67)58-42(65)33(22-26-24-52-29-15-7-6-13-27(26)29)56-38(61)30(16-10-19-51-44(49)50)54-40(63)32(21-25-11-4-3-5-12-25)55-41(64)34(23-35(48)59)57-39(62)31(17-20-68-69-45)53-37(60)28(47)14-8-9-18-46/h3-7,11-13,15,24,28,30-34,36,52H,8-10,14,16-23,46-47H2,1-2H3,(H2,48,59)(H,53,60)(H,54,63)(H,55,64)(H,56,61)(H,57,62)(H,58,65)(H,66,67)(H4,49,50,51)/t28-,30+,31+,32-,33+,34+,36-/m1/s1. The van der Waals surface area contributed by atoms with E-state index < -0.39 is 101 Å². The van der Waals surface area contributed by atoms with Crippen molar-refractivity contribution in [2.75, 3.05) is 18.8 Å². The molecule has 4 rings (SSSR count). The molecule has 1 aliphatic heterocycles. The molecule has 0 saturated carbocycles. The quantitative estimate of drug-likeness (QED) is 0.0330. The van der Waals surface area contributed by atoms with E-state index in [9.17, 15) is 43.5 Å². The number of rotatable bonds is 17. The van der Waals surface area contributed by atoms with Crippen LogP contribution in [0, 0.1) is 0 Å². The predicted molar refractivity (Wildman–Crippen MR) is 265 cm³/mol. The third kappa shape index (κ3) is 17.6. The number of nitrogens with one attached hydrogen (secondary N) is 7. The highest BCUT2D eigenvalue weighted by molar-refractivity contribution is 8.77. The Morgan fingerprint density at radius 2 is 1.41 bits per heavy atom. The maximum absolute atomic E-state index is 14.5. The molecule has 24 heteroatoms. The van der Waals surface area contributed by atoms with Crippen molar-refractivity contribution in [3.8, 4) is 0 Å². The molecule has 0 aliphatic carbocycles. The van der Waals surface area contributed by atoms with Gasteiger partial charge in [0, 0.05) is 42.2 Å². The molecule has 0 unspecified atom stereocenters. The Labute approximate surface area is 407 Å². The number of nitrogens with zero attached hydrogens (tertiary/aromatic N) is 1. The van der Waals surface area contributed by atoms with Gasteiger partial charge in [-0.05, 0) is 69.7 Å². The molecule has 18 N–H and O–H groups in total. The molecule has 2 aromatic carbocycles. The summed E-state index contributed by atoms with van der Waals surface area (Å²) >= 11 is 0. The molecular weight excluding hydrogens is 931 g/mol. The zero-order valence-corrected chi connectivity index (χ0v) is 40.3. The number of benzene rings is 2. The minimum Gasteiger partial charge on any atom is -0.480 e. The average molecular weight is 996 g/mol. The first-order valence-corrected chi connectivity index (χ1v) is 24.8. The number of carboxylic acids is 1. The van der Waals surface area contributed by atoms with Crippen LogP contribution in [-0.4, -0.2) is 129 Å². The van der Waals surface area contributed by atoms with Crippen LogP contribution >= 0.6 is 21.6 Å². The number of nitrogens with two attached hydrogens (primary N) is 5. The summed E-state index contributed by atoms with van der Waals surface area (Å²) in [6, 6.07) is 6.10. The van der Waals surface area contributed by atoms with Gasteiger partial charge in [-0.2, -0.15) is 0 Å². The Bertz CT molecular complexity index is 2290. The second-order valence-corrected chi connectivity index (χ2v) is 20.2. The third-order valence-corrected chi connectivity index (χ3v) is 14.5. The van der Waals surface area contributed by atoms with E-state index in [0.717, 1.165) is 32.5 Å². The maximum atomic E-state index is 14.5. The second kappa shape index (κ2) is 27.0. The van der Waals surface area contributed by atoms with E-state index in [-0.39, 0.29) is 56.8 Å². The number of guanidine groups is 1. The van der Waals surface area contributed by atoms with Gasteiger partial charge in [-0.3, -0.25) is 38.6 Å². The summed E-state index contributed by atoms with van der Waals surface area (Å²) in [5.74, 6) is -7.51. The minimum absolute atomic E-state index is 0.0483. The normalized spacial score (nSPS) is 22.6.